The lowest BCUT2D eigenvalue weighted by atomic mass is 9.76. The molecule has 3 rings (SSSR count). The van der Waals surface area contributed by atoms with Crippen molar-refractivity contribution in [2.45, 2.75) is 26.7 Å². The van der Waals surface area contributed by atoms with Crippen LogP contribution in [-0.4, -0.2) is 11.6 Å². The molecule has 0 radical (unpaired) electrons. The number of rotatable bonds is 2. The molecule has 4 nitrogen and oxygen atoms in total. The first-order chi connectivity index (χ1) is 10.5. The van der Waals surface area contributed by atoms with E-state index in [1.165, 1.54) is 0 Å². The van der Waals surface area contributed by atoms with Gasteiger partial charge in [-0.05, 0) is 46.0 Å². The average Bonchev–Trinajstić information content (AvgIpc) is 2.91. The van der Waals surface area contributed by atoms with Crippen LogP contribution < -0.4 is 5.43 Å². The van der Waals surface area contributed by atoms with Crippen LogP contribution in [0.15, 0.2) is 50.6 Å². The van der Waals surface area contributed by atoms with Gasteiger partial charge in [0.05, 0.1) is 17.5 Å². The molecule has 1 aliphatic carbocycles. The molecule has 0 saturated heterocycles. The van der Waals surface area contributed by atoms with Gasteiger partial charge in [0.1, 0.15) is 5.76 Å². The number of nitrogens with zero attached hydrogens (tertiary/aromatic N) is 1. The van der Waals surface area contributed by atoms with Crippen LogP contribution in [0.2, 0.25) is 0 Å². The SMILES string of the molecule is CC1(C)C/C(=N/NC(=O)c2ccccc2Br)c2ccoc2C1. The van der Waals surface area contributed by atoms with Crippen LogP contribution in [0, 0.1) is 5.41 Å². The highest BCUT2D eigenvalue weighted by Crippen LogP contribution is 2.35. The summed E-state index contributed by atoms with van der Waals surface area (Å²) in [6, 6.07) is 9.19. The summed E-state index contributed by atoms with van der Waals surface area (Å²) in [4.78, 5) is 12.2. The monoisotopic (exact) mass is 360 g/mol. The average molecular weight is 361 g/mol. The Morgan fingerprint density at radius 3 is 2.82 bits per heavy atom. The fourth-order valence-corrected chi connectivity index (χ4v) is 3.17. The van der Waals surface area contributed by atoms with Gasteiger partial charge in [-0.2, -0.15) is 5.10 Å². The number of halogens is 1. The van der Waals surface area contributed by atoms with Gasteiger partial charge < -0.3 is 4.42 Å². The van der Waals surface area contributed by atoms with Crippen molar-refractivity contribution < 1.29 is 9.21 Å². The number of hydrogen-bond donors (Lipinski definition) is 1. The third kappa shape index (κ3) is 2.99. The molecule has 1 aromatic carbocycles. The summed E-state index contributed by atoms with van der Waals surface area (Å²) in [6.07, 6.45) is 3.36. The van der Waals surface area contributed by atoms with E-state index in [0.717, 1.165) is 34.3 Å². The van der Waals surface area contributed by atoms with Crippen LogP contribution in [0.1, 0.15) is 41.9 Å². The van der Waals surface area contributed by atoms with Crippen LogP contribution in [-0.2, 0) is 6.42 Å². The van der Waals surface area contributed by atoms with Gasteiger partial charge in [0.15, 0.2) is 0 Å². The van der Waals surface area contributed by atoms with Gasteiger partial charge in [-0.3, -0.25) is 4.79 Å². The minimum atomic E-state index is -0.228. The second-order valence-corrected chi connectivity index (χ2v) is 7.11. The smallest absolute Gasteiger partial charge is 0.272 e. The molecule has 114 valence electrons. The maximum absolute atomic E-state index is 12.2. The summed E-state index contributed by atoms with van der Waals surface area (Å²) in [7, 11) is 0. The van der Waals surface area contributed by atoms with E-state index in [1.807, 2.05) is 24.3 Å². The molecular weight excluding hydrogens is 344 g/mol. The lowest BCUT2D eigenvalue weighted by molar-refractivity contribution is 0.0953. The molecule has 22 heavy (non-hydrogen) atoms. The first-order valence-corrected chi connectivity index (χ1v) is 7.94. The maximum Gasteiger partial charge on any atom is 0.272 e. The molecule has 0 atom stereocenters. The van der Waals surface area contributed by atoms with Gasteiger partial charge in [0.25, 0.3) is 5.91 Å². The molecule has 1 N–H and O–H groups in total. The van der Waals surface area contributed by atoms with Crippen LogP contribution in [0.5, 0.6) is 0 Å². The van der Waals surface area contributed by atoms with E-state index in [2.05, 4.69) is 40.3 Å². The number of furan rings is 1. The number of carbonyl (C=O) groups is 1. The minimum absolute atomic E-state index is 0.0712. The van der Waals surface area contributed by atoms with Crippen molar-refractivity contribution in [3.8, 4) is 0 Å². The Bertz CT molecular complexity index is 747. The topological polar surface area (TPSA) is 54.6 Å². The normalized spacial score (nSPS) is 18.0. The summed E-state index contributed by atoms with van der Waals surface area (Å²) >= 11 is 3.38. The summed E-state index contributed by atoms with van der Waals surface area (Å²) in [5, 5.41) is 4.35. The molecule has 1 aromatic heterocycles. The fourth-order valence-electron chi connectivity index (χ4n) is 2.70. The molecule has 0 bridgehead atoms. The van der Waals surface area contributed by atoms with E-state index in [-0.39, 0.29) is 11.3 Å². The number of nitrogens with one attached hydrogen (secondary N) is 1. The second-order valence-electron chi connectivity index (χ2n) is 6.25. The Morgan fingerprint density at radius 1 is 1.27 bits per heavy atom. The van der Waals surface area contributed by atoms with Gasteiger partial charge in [0, 0.05) is 16.5 Å². The van der Waals surface area contributed by atoms with Crippen molar-refractivity contribution in [3.05, 3.63) is 58.0 Å². The van der Waals surface area contributed by atoms with E-state index in [0.29, 0.717) is 5.56 Å². The zero-order chi connectivity index (χ0) is 15.7. The molecule has 0 aliphatic heterocycles. The van der Waals surface area contributed by atoms with Crippen molar-refractivity contribution in [2.75, 3.05) is 0 Å². The first kappa shape index (κ1) is 15.0. The zero-order valence-electron chi connectivity index (χ0n) is 12.5. The molecule has 0 spiro atoms. The van der Waals surface area contributed by atoms with Crippen molar-refractivity contribution in [2.24, 2.45) is 10.5 Å². The Kier molecular flexibility index (Phi) is 3.91. The number of fused-ring (bicyclic) bond motifs is 1. The molecule has 0 saturated carbocycles. The fraction of sp³-hybridized carbons (Fsp3) is 0.294. The predicted octanol–water partition coefficient (Wildman–Crippen LogP) is 4.15. The van der Waals surface area contributed by atoms with Crippen LogP contribution in [0.25, 0.3) is 0 Å². The van der Waals surface area contributed by atoms with Gasteiger partial charge in [-0.25, -0.2) is 5.43 Å². The van der Waals surface area contributed by atoms with Gasteiger partial charge in [-0.15, -0.1) is 0 Å². The third-order valence-electron chi connectivity index (χ3n) is 3.75. The minimum Gasteiger partial charge on any atom is -0.469 e. The molecule has 0 fully saturated rings. The first-order valence-electron chi connectivity index (χ1n) is 7.14. The van der Waals surface area contributed by atoms with E-state index in [1.54, 1.807) is 12.3 Å². The van der Waals surface area contributed by atoms with E-state index in [4.69, 9.17) is 4.42 Å². The maximum atomic E-state index is 12.2. The van der Waals surface area contributed by atoms with Crippen molar-refractivity contribution in [1.82, 2.24) is 5.43 Å². The number of hydrogen-bond acceptors (Lipinski definition) is 3. The summed E-state index contributed by atoms with van der Waals surface area (Å²) in [5.41, 5.74) is 5.14. The van der Waals surface area contributed by atoms with Crippen LogP contribution in [0.4, 0.5) is 0 Å². The highest BCUT2D eigenvalue weighted by atomic mass is 79.9. The Hall–Kier alpha value is -1.88. The predicted molar refractivity (Wildman–Crippen MR) is 89.0 cm³/mol. The molecule has 5 heteroatoms. The quantitative estimate of drug-likeness (QED) is 0.817. The number of amides is 1. The molecule has 1 aliphatic rings. The largest absolute Gasteiger partial charge is 0.469 e. The number of hydrazone groups is 1. The van der Waals surface area contributed by atoms with Gasteiger partial charge in [0.2, 0.25) is 0 Å². The Morgan fingerprint density at radius 2 is 2.05 bits per heavy atom. The molecule has 0 unspecified atom stereocenters. The van der Waals surface area contributed by atoms with Crippen LogP contribution in [0.3, 0.4) is 0 Å². The van der Waals surface area contributed by atoms with Crippen molar-refractivity contribution >= 4 is 27.5 Å². The molecule has 1 heterocycles. The van der Waals surface area contributed by atoms with Gasteiger partial charge >= 0.3 is 0 Å². The van der Waals surface area contributed by atoms with Crippen LogP contribution >= 0.6 is 15.9 Å². The molecule has 1 amide bonds. The standard InChI is InChI=1S/C17H17BrN2O2/c1-17(2)9-14(12-7-8-22-15(12)10-17)19-20-16(21)11-5-3-4-6-13(11)18/h3-8H,9-10H2,1-2H3,(H,20,21)/b19-14-. The Balaban J connectivity index is 1.84. The Labute approximate surface area is 137 Å². The summed E-state index contributed by atoms with van der Waals surface area (Å²) in [6.45, 7) is 4.34. The highest BCUT2D eigenvalue weighted by Gasteiger charge is 2.31. The van der Waals surface area contributed by atoms with E-state index >= 15 is 0 Å². The number of carbonyl (C=O) groups excluding carboxylic acids is 1. The van der Waals surface area contributed by atoms with Crippen molar-refractivity contribution in [3.63, 3.8) is 0 Å². The lowest BCUT2D eigenvalue weighted by Gasteiger charge is -2.29. The summed E-state index contributed by atoms with van der Waals surface area (Å²) in [5.74, 6) is 0.707. The van der Waals surface area contributed by atoms with Crippen molar-refractivity contribution in [1.29, 1.82) is 0 Å². The molecule has 2 aromatic rings. The molecular formula is C17H17BrN2O2. The van der Waals surface area contributed by atoms with E-state index in [9.17, 15) is 4.79 Å². The number of benzene rings is 1. The van der Waals surface area contributed by atoms with Gasteiger partial charge in [-0.1, -0.05) is 26.0 Å². The summed E-state index contributed by atoms with van der Waals surface area (Å²) < 4.78 is 6.28. The van der Waals surface area contributed by atoms with E-state index < -0.39 is 0 Å². The third-order valence-corrected chi connectivity index (χ3v) is 4.44. The lowest BCUT2D eigenvalue weighted by Crippen LogP contribution is -2.29. The highest BCUT2D eigenvalue weighted by molar-refractivity contribution is 9.10. The second kappa shape index (κ2) is 5.72. The zero-order valence-corrected chi connectivity index (χ0v) is 14.1.